The molecule has 1 saturated heterocycles. The Morgan fingerprint density at radius 1 is 1.24 bits per heavy atom. The van der Waals surface area contributed by atoms with E-state index >= 15 is 0 Å². The third-order valence-corrected chi connectivity index (χ3v) is 4.79. The van der Waals surface area contributed by atoms with Crippen LogP contribution in [0.1, 0.15) is 44.1 Å². The summed E-state index contributed by atoms with van der Waals surface area (Å²) in [6.07, 6.45) is 5.35. The molecule has 6 nitrogen and oxygen atoms in total. The SMILES string of the molecule is COC(=O)CCCC/C=C(/F)COCN1CCCC1C(=O)OCc1ccccc1. The molecule has 0 aliphatic carbocycles. The summed E-state index contributed by atoms with van der Waals surface area (Å²) >= 11 is 0. The maximum Gasteiger partial charge on any atom is 0.323 e. The van der Waals surface area contributed by atoms with Crippen molar-refractivity contribution in [3.8, 4) is 0 Å². The van der Waals surface area contributed by atoms with Gasteiger partial charge < -0.3 is 14.2 Å². The molecule has 0 N–H and O–H groups in total. The first kappa shape index (κ1) is 23.0. The molecule has 1 heterocycles. The summed E-state index contributed by atoms with van der Waals surface area (Å²) in [4.78, 5) is 25.2. The second-order valence-electron chi connectivity index (χ2n) is 7.01. The Morgan fingerprint density at radius 2 is 2.03 bits per heavy atom. The van der Waals surface area contributed by atoms with Crippen molar-refractivity contribution in [1.29, 1.82) is 0 Å². The first-order valence-corrected chi connectivity index (χ1v) is 10.0. The van der Waals surface area contributed by atoms with E-state index in [0.717, 1.165) is 24.9 Å². The van der Waals surface area contributed by atoms with Gasteiger partial charge in [0.2, 0.25) is 0 Å². The molecule has 2 rings (SSSR count). The zero-order valence-electron chi connectivity index (χ0n) is 17.0. The lowest BCUT2D eigenvalue weighted by Crippen LogP contribution is -2.38. The molecular weight excluding hydrogens is 377 g/mol. The Kier molecular flexibility index (Phi) is 10.4. The van der Waals surface area contributed by atoms with Gasteiger partial charge in [-0.05, 0) is 37.7 Å². The predicted molar refractivity (Wildman–Crippen MR) is 106 cm³/mol. The Balaban J connectivity index is 1.63. The van der Waals surface area contributed by atoms with E-state index in [9.17, 15) is 14.0 Å². The third-order valence-electron chi connectivity index (χ3n) is 4.79. The van der Waals surface area contributed by atoms with Gasteiger partial charge >= 0.3 is 11.9 Å². The molecule has 1 aliphatic rings. The molecule has 1 unspecified atom stereocenters. The molecular formula is C22H30FNO5. The number of allylic oxidation sites excluding steroid dienone is 1. The molecule has 160 valence electrons. The first-order chi connectivity index (χ1) is 14.1. The highest BCUT2D eigenvalue weighted by Crippen LogP contribution is 2.19. The minimum atomic E-state index is -0.343. The summed E-state index contributed by atoms with van der Waals surface area (Å²) in [7, 11) is 1.35. The van der Waals surface area contributed by atoms with Crippen molar-refractivity contribution in [2.24, 2.45) is 0 Å². The van der Waals surface area contributed by atoms with Crippen LogP contribution in [0.4, 0.5) is 4.39 Å². The number of unbranched alkanes of at least 4 members (excludes halogenated alkanes) is 2. The minimum absolute atomic E-state index is 0.126. The second kappa shape index (κ2) is 13.1. The van der Waals surface area contributed by atoms with Gasteiger partial charge in [0.15, 0.2) is 0 Å². The van der Waals surface area contributed by atoms with E-state index in [4.69, 9.17) is 9.47 Å². The number of ether oxygens (including phenoxy) is 3. The van der Waals surface area contributed by atoms with Crippen LogP contribution in [-0.4, -0.2) is 49.9 Å². The zero-order chi connectivity index (χ0) is 20.9. The van der Waals surface area contributed by atoms with Gasteiger partial charge in [-0.1, -0.05) is 36.4 Å². The summed E-state index contributed by atoms with van der Waals surface area (Å²) in [5, 5.41) is 0. The van der Waals surface area contributed by atoms with Crippen LogP contribution in [0.15, 0.2) is 42.2 Å². The maximum absolute atomic E-state index is 13.8. The molecule has 0 radical (unpaired) electrons. The number of methoxy groups -OCH3 is 1. The largest absolute Gasteiger partial charge is 0.469 e. The quantitative estimate of drug-likeness (QED) is 0.388. The van der Waals surface area contributed by atoms with Gasteiger partial charge in [-0.2, -0.15) is 0 Å². The van der Waals surface area contributed by atoms with E-state index < -0.39 is 0 Å². The Hall–Kier alpha value is -2.25. The van der Waals surface area contributed by atoms with Crippen molar-refractivity contribution < 1.29 is 28.2 Å². The van der Waals surface area contributed by atoms with Crippen LogP contribution in [0.5, 0.6) is 0 Å². The van der Waals surface area contributed by atoms with E-state index in [2.05, 4.69) is 4.74 Å². The Morgan fingerprint density at radius 3 is 2.79 bits per heavy atom. The van der Waals surface area contributed by atoms with Gasteiger partial charge in [-0.15, -0.1) is 0 Å². The monoisotopic (exact) mass is 407 g/mol. The van der Waals surface area contributed by atoms with Gasteiger partial charge in [-0.25, -0.2) is 4.39 Å². The average molecular weight is 407 g/mol. The molecule has 1 atom stereocenters. The Bertz CT molecular complexity index is 664. The number of nitrogens with zero attached hydrogens (tertiary/aromatic N) is 1. The van der Waals surface area contributed by atoms with Crippen molar-refractivity contribution in [3.63, 3.8) is 0 Å². The van der Waals surface area contributed by atoms with Gasteiger partial charge in [0, 0.05) is 13.0 Å². The van der Waals surface area contributed by atoms with Crippen LogP contribution in [0.25, 0.3) is 0 Å². The minimum Gasteiger partial charge on any atom is -0.469 e. The number of rotatable bonds is 12. The number of halogens is 1. The number of hydrogen-bond donors (Lipinski definition) is 0. The van der Waals surface area contributed by atoms with Crippen molar-refractivity contribution in [2.45, 2.75) is 51.2 Å². The smallest absolute Gasteiger partial charge is 0.323 e. The molecule has 1 aliphatic heterocycles. The number of esters is 2. The van der Waals surface area contributed by atoms with E-state index in [1.54, 1.807) is 0 Å². The lowest BCUT2D eigenvalue weighted by atomic mass is 10.2. The number of benzene rings is 1. The molecule has 1 aromatic rings. The topological polar surface area (TPSA) is 65.1 Å². The van der Waals surface area contributed by atoms with Crippen molar-refractivity contribution >= 4 is 11.9 Å². The lowest BCUT2D eigenvalue weighted by molar-refractivity contribution is -0.152. The molecule has 29 heavy (non-hydrogen) atoms. The molecule has 0 spiro atoms. The zero-order valence-corrected chi connectivity index (χ0v) is 17.0. The number of likely N-dealkylation sites (tertiary alicyclic amines) is 1. The first-order valence-electron chi connectivity index (χ1n) is 10.0. The van der Waals surface area contributed by atoms with E-state index in [1.165, 1.54) is 13.2 Å². The van der Waals surface area contributed by atoms with E-state index in [0.29, 0.717) is 25.7 Å². The fourth-order valence-corrected chi connectivity index (χ4v) is 3.17. The molecule has 7 heteroatoms. The molecule has 1 fully saturated rings. The molecule has 0 saturated carbocycles. The van der Waals surface area contributed by atoms with Crippen LogP contribution >= 0.6 is 0 Å². The van der Waals surface area contributed by atoms with Crippen LogP contribution in [0.3, 0.4) is 0 Å². The standard InChI is InChI=1S/C22H30FNO5/c1-27-21(25)13-7-3-6-11-19(23)16-28-17-24-14-8-12-20(24)22(26)29-15-18-9-4-2-5-10-18/h2,4-5,9-11,20H,3,6-8,12-17H2,1H3/b19-11+. The summed E-state index contributed by atoms with van der Waals surface area (Å²) in [5.41, 5.74) is 0.945. The van der Waals surface area contributed by atoms with Crippen molar-refractivity contribution in [3.05, 3.63) is 47.8 Å². The second-order valence-corrected chi connectivity index (χ2v) is 7.01. The number of carbonyl (C=O) groups is 2. The van der Waals surface area contributed by atoms with E-state index in [1.807, 2.05) is 35.2 Å². The number of carbonyl (C=O) groups excluding carboxylic acids is 2. The van der Waals surface area contributed by atoms with Gasteiger partial charge in [0.1, 0.15) is 25.2 Å². The van der Waals surface area contributed by atoms with Gasteiger partial charge in [0.25, 0.3) is 0 Å². The highest BCUT2D eigenvalue weighted by Gasteiger charge is 2.32. The van der Waals surface area contributed by atoms with Crippen molar-refractivity contribution in [1.82, 2.24) is 4.90 Å². The lowest BCUT2D eigenvalue weighted by Gasteiger charge is -2.22. The van der Waals surface area contributed by atoms with Crippen molar-refractivity contribution in [2.75, 3.05) is 27.0 Å². The summed E-state index contributed by atoms with van der Waals surface area (Å²) in [6.45, 7) is 1.04. The highest BCUT2D eigenvalue weighted by atomic mass is 19.1. The molecule has 0 bridgehead atoms. The summed E-state index contributed by atoms with van der Waals surface area (Å²) < 4.78 is 29.2. The van der Waals surface area contributed by atoms with Crippen LogP contribution in [0.2, 0.25) is 0 Å². The molecule has 0 amide bonds. The van der Waals surface area contributed by atoms with Gasteiger partial charge in [0.05, 0.1) is 13.7 Å². The van der Waals surface area contributed by atoms with Crippen LogP contribution in [0, 0.1) is 0 Å². The fourth-order valence-electron chi connectivity index (χ4n) is 3.17. The molecule has 1 aromatic carbocycles. The van der Waals surface area contributed by atoms with Gasteiger partial charge in [-0.3, -0.25) is 14.5 Å². The summed E-state index contributed by atoms with van der Waals surface area (Å²) in [5.74, 6) is -0.859. The van der Waals surface area contributed by atoms with E-state index in [-0.39, 0.29) is 43.8 Å². The Labute approximate surface area is 171 Å². The highest BCUT2D eigenvalue weighted by molar-refractivity contribution is 5.76. The predicted octanol–water partition coefficient (Wildman–Crippen LogP) is 3.76. The molecule has 0 aromatic heterocycles. The summed E-state index contributed by atoms with van der Waals surface area (Å²) in [6, 6.07) is 9.20. The fraction of sp³-hybridized carbons (Fsp3) is 0.545. The average Bonchev–Trinajstić information content (AvgIpc) is 3.21. The maximum atomic E-state index is 13.8. The van der Waals surface area contributed by atoms with Crippen LogP contribution in [-0.2, 0) is 30.4 Å². The third kappa shape index (κ3) is 8.75. The number of hydrogen-bond acceptors (Lipinski definition) is 6. The normalized spacial score (nSPS) is 17.3. The van der Waals surface area contributed by atoms with Crippen LogP contribution < -0.4 is 0 Å².